The maximum Gasteiger partial charge on any atom is 0.115 e. The highest BCUT2D eigenvalue weighted by atomic mass is 16.3. The van der Waals surface area contributed by atoms with Crippen molar-refractivity contribution in [1.82, 2.24) is 9.97 Å². The normalized spacial score (nSPS) is 20.1. The molecule has 12 heavy (non-hydrogen) atoms. The van der Waals surface area contributed by atoms with Crippen molar-refractivity contribution in [2.24, 2.45) is 5.92 Å². The van der Waals surface area contributed by atoms with E-state index in [0.29, 0.717) is 5.92 Å². The van der Waals surface area contributed by atoms with Gasteiger partial charge in [0.05, 0.1) is 11.8 Å². The molecular weight excluding hydrogens is 152 g/mol. The van der Waals surface area contributed by atoms with E-state index >= 15 is 0 Å². The molecule has 1 atom stereocenters. The highest BCUT2D eigenvalue weighted by Gasteiger charge is 2.27. The van der Waals surface area contributed by atoms with Crippen LogP contribution in [0.1, 0.15) is 31.1 Å². The molecule has 1 heterocycles. The van der Waals surface area contributed by atoms with Gasteiger partial charge in [0.25, 0.3) is 0 Å². The Balaban J connectivity index is 2.08. The molecule has 1 aromatic heterocycles. The van der Waals surface area contributed by atoms with E-state index in [4.69, 9.17) is 0 Å². The van der Waals surface area contributed by atoms with Crippen molar-refractivity contribution in [3.63, 3.8) is 0 Å². The largest absolute Gasteiger partial charge is 0.387 e. The number of nitrogens with zero attached hydrogens (tertiary/aromatic N) is 2. The van der Waals surface area contributed by atoms with Crippen LogP contribution in [0, 0.1) is 5.92 Å². The van der Waals surface area contributed by atoms with Crippen LogP contribution in [0.15, 0.2) is 18.6 Å². The second-order valence-electron chi connectivity index (χ2n) is 3.27. The molecule has 1 fully saturated rings. The van der Waals surface area contributed by atoms with E-state index in [1.807, 2.05) is 0 Å². The van der Waals surface area contributed by atoms with E-state index in [1.54, 1.807) is 12.3 Å². The Labute approximate surface area is 71.5 Å². The number of hydrogen-bond donors (Lipinski definition) is 1. The summed E-state index contributed by atoms with van der Waals surface area (Å²) in [6.07, 6.45) is 6.28. The zero-order chi connectivity index (χ0) is 8.39. The number of aromatic nitrogens is 2. The average Bonchev–Trinajstić information content (AvgIpc) is 2.03. The number of aliphatic hydroxyl groups is 1. The quantitative estimate of drug-likeness (QED) is 0.716. The predicted octanol–water partition coefficient (Wildman–Crippen LogP) is 1.31. The highest BCUT2D eigenvalue weighted by Crippen LogP contribution is 2.36. The van der Waals surface area contributed by atoms with Crippen molar-refractivity contribution in [3.05, 3.63) is 24.3 Å². The van der Waals surface area contributed by atoms with Crippen molar-refractivity contribution >= 4 is 0 Å². The SMILES string of the molecule is OC(c1ccncn1)C1CCC1. The minimum absolute atomic E-state index is 0.373. The second kappa shape index (κ2) is 3.19. The molecule has 2 rings (SSSR count). The Kier molecular flexibility index (Phi) is 2.04. The van der Waals surface area contributed by atoms with Crippen molar-refractivity contribution in [2.45, 2.75) is 25.4 Å². The molecular formula is C9H12N2O. The van der Waals surface area contributed by atoms with Gasteiger partial charge in [-0.1, -0.05) is 6.42 Å². The molecule has 1 aliphatic rings. The number of hydrogen-bond acceptors (Lipinski definition) is 3. The van der Waals surface area contributed by atoms with Gasteiger partial charge >= 0.3 is 0 Å². The molecule has 64 valence electrons. The third kappa shape index (κ3) is 1.32. The molecule has 3 heteroatoms. The third-order valence-electron chi connectivity index (χ3n) is 2.50. The Morgan fingerprint density at radius 3 is 2.83 bits per heavy atom. The molecule has 0 amide bonds. The smallest absolute Gasteiger partial charge is 0.115 e. The molecule has 0 spiro atoms. The summed E-state index contributed by atoms with van der Waals surface area (Å²) in [7, 11) is 0. The van der Waals surface area contributed by atoms with Crippen LogP contribution in [-0.2, 0) is 0 Å². The first-order valence-corrected chi connectivity index (χ1v) is 4.32. The minimum atomic E-state index is -0.373. The van der Waals surface area contributed by atoms with Crippen molar-refractivity contribution in [3.8, 4) is 0 Å². The summed E-state index contributed by atoms with van der Waals surface area (Å²) in [6, 6.07) is 1.78. The zero-order valence-electron chi connectivity index (χ0n) is 6.85. The second-order valence-corrected chi connectivity index (χ2v) is 3.27. The van der Waals surface area contributed by atoms with Gasteiger partial charge in [-0.2, -0.15) is 0 Å². The van der Waals surface area contributed by atoms with E-state index in [2.05, 4.69) is 9.97 Å². The molecule has 0 aromatic carbocycles. The minimum Gasteiger partial charge on any atom is -0.387 e. The first-order chi connectivity index (χ1) is 5.88. The van der Waals surface area contributed by atoms with Crippen LogP contribution >= 0.6 is 0 Å². The first kappa shape index (κ1) is 7.68. The lowest BCUT2D eigenvalue weighted by molar-refractivity contribution is 0.0585. The van der Waals surface area contributed by atoms with Crippen molar-refractivity contribution < 1.29 is 5.11 Å². The summed E-state index contributed by atoms with van der Waals surface area (Å²) < 4.78 is 0. The molecule has 1 saturated carbocycles. The standard InChI is InChI=1S/C9H12N2O/c12-9(7-2-1-3-7)8-4-5-10-6-11-8/h4-7,9,12H,1-3H2. The van der Waals surface area contributed by atoms with Gasteiger partial charge in [0.2, 0.25) is 0 Å². The summed E-state index contributed by atoms with van der Waals surface area (Å²) in [4.78, 5) is 7.83. The Morgan fingerprint density at radius 2 is 2.33 bits per heavy atom. The fourth-order valence-electron chi connectivity index (χ4n) is 1.47. The van der Waals surface area contributed by atoms with Crippen LogP contribution in [0.3, 0.4) is 0 Å². The number of aliphatic hydroxyl groups excluding tert-OH is 1. The zero-order valence-corrected chi connectivity index (χ0v) is 6.85. The molecule has 0 saturated heterocycles. The van der Waals surface area contributed by atoms with E-state index in [-0.39, 0.29) is 6.10 Å². The molecule has 1 aromatic rings. The maximum absolute atomic E-state index is 9.75. The molecule has 1 unspecified atom stereocenters. The molecule has 1 N–H and O–H groups in total. The Morgan fingerprint density at radius 1 is 1.50 bits per heavy atom. The van der Waals surface area contributed by atoms with Gasteiger partial charge in [-0.15, -0.1) is 0 Å². The van der Waals surface area contributed by atoms with Crippen LogP contribution in [0.4, 0.5) is 0 Å². The van der Waals surface area contributed by atoms with Gasteiger partial charge in [0.15, 0.2) is 0 Å². The molecule has 0 aliphatic heterocycles. The average molecular weight is 164 g/mol. The van der Waals surface area contributed by atoms with Crippen LogP contribution in [0.25, 0.3) is 0 Å². The van der Waals surface area contributed by atoms with Gasteiger partial charge in [-0.05, 0) is 24.8 Å². The molecule has 3 nitrogen and oxygen atoms in total. The van der Waals surface area contributed by atoms with Gasteiger partial charge < -0.3 is 5.11 Å². The lowest BCUT2D eigenvalue weighted by Gasteiger charge is -2.29. The van der Waals surface area contributed by atoms with Gasteiger partial charge in [-0.25, -0.2) is 9.97 Å². The lowest BCUT2D eigenvalue weighted by Crippen LogP contribution is -2.20. The lowest BCUT2D eigenvalue weighted by atomic mass is 9.80. The van der Waals surface area contributed by atoms with E-state index in [0.717, 1.165) is 18.5 Å². The van der Waals surface area contributed by atoms with E-state index in [1.165, 1.54) is 12.7 Å². The fourth-order valence-corrected chi connectivity index (χ4v) is 1.47. The van der Waals surface area contributed by atoms with Crippen molar-refractivity contribution in [1.29, 1.82) is 0 Å². The molecule has 1 aliphatic carbocycles. The fraction of sp³-hybridized carbons (Fsp3) is 0.556. The van der Waals surface area contributed by atoms with E-state index in [9.17, 15) is 5.11 Å². The molecule has 0 radical (unpaired) electrons. The summed E-state index contributed by atoms with van der Waals surface area (Å²) in [5, 5.41) is 9.75. The highest BCUT2D eigenvalue weighted by molar-refractivity contribution is 5.04. The van der Waals surface area contributed by atoms with E-state index < -0.39 is 0 Å². The molecule has 0 bridgehead atoms. The monoisotopic (exact) mass is 164 g/mol. The van der Waals surface area contributed by atoms with Gasteiger partial charge in [-0.3, -0.25) is 0 Å². The van der Waals surface area contributed by atoms with Crippen LogP contribution < -0.4 is 0 Å². The topological polar surface area (TPSA) is 46.0 Å². The summed E-state index contributed by atoms with van der Waals surface area (Å²) in [5.41, 5.74) is 0.759. The Bertz CT molecular complexity index is 246. The summed E-state index contributed by atoms with van der Waals surface area (Å²) in [6.45, 7) is 0. The van der Waals surface area contributed by atoms with Gasteiger partial charge in [0.1, 0.15) is 6.33 Å². The van der Waals surface area contributed by atoms with Crippen LogP contribution in [-0.4, -0.2) is 15.1 Å². The predicted molar refractivity (Wildman–Crippen MR) is 44.3 cm³/mol. The maximum atomic E-state index is 9.75. The summed E-state index contributed by atoms with van der Waals surface area (Å²) >= 11 is 0. The van der Waals surface area contributed by atoms with Crippen LogP contribution in [0.5, 0.6) is 0 Å². The summed E-state index contributed by atoms with van der Waals surface area (Å²) in [5.74, 6) is 0.430. The Hall–Kier alpha value is -0.960. The third-order valence-corrected chi connectivity index (χ3v) is 2.50. The first-order valence-electron chi connectivity index (χ1n) is 4.32. The number of rotatable bonds is 2. The van der Waals surface area contributed by atoms with Crippen LogP contribution in [0.2, 0.25) is 0 Å². The van der Waals surface area contributed by atoms with Crippen molar-refractivity contribution in [2.75, 3.05) is 0 Å². The van der Waals surface area contributed by atoms with Gasteiger partial charge in [0, 0.05) is 6.20 Å².